The first-order chi connectivity index (χ1) is 18.2. The van der Waals surface area contributed by atoms with E-state index in [2.05, 4.69) is 41.2 Å². The maximum Gasteiger partial charge on any atom is 0.248 e. The molecule has 5 heterocycles. The van der Waals surface area contributed by atoms with Gasteiger partial charge in [0, 0.05) is 30.9 Å². The van der Waals surface area contributed by atoms with Gasteiger partial charge in [-0.25, -0.2) is 15.0 Å². The van der Waals surface area contributed by atoms with E-state index in [-0.39, 0.29) is 0 Å². The van der Waals surface area contributed by atoms with Crippen LogP contribution in [0.2, 0.25) is 0 Å². The molecule has 1 aliphatic carbocycles. The smallest absolute Gasteiger partial charge is 0.248 e. The van der Waals surface area contributed by atoms with E-state index in [1.54, 1.807) is 11.0 Å². The number of nitrogens with one attached hydrogen (secondary N) is 1. The Morgan fingerprint density at radius 1 is 0.892 bits per heavy atom. The first-order valence-electron chi connectivity index (χ1n) is 14.0. The number of pyridine rings is 1. The van der Waals surface area contributed by atoms with E-state index < -0.39 is 0 Å². The largest absolute Gasteiger partial charge is 0.368 e. The van der Waals surface area contributed by atoms with Crippen molar-refractivity contribution in [1.82, 2.24) is 34.6 Å². The first kappa shape index (κ1) is 24.1. The Balaban J connectivity index is 1.10. The SMILES string of the molecule is Nc1nc(Nc2ccc(N3CCC(CN4CCCC4)CC3)nc2)nn1-c1ncnc2c1CCCCCC2. The fraction of sp³-hybridized carbons (Fsp3) is 0.593. The molecular weight excluding hydrogens is 464 g/mol. The van der Waals surface area contributed by atoms with Crippen molar-refractivity contribution in [2.24, 2.45) is 5.92 Å². The van der Waals surface area contributed by atoms with Gasteiger partial charge < -0.3 is 20.9 Å². The van der Waals surface area contributed by atoms with Gasteiger partial charge in [-0.3, -0.25) is 0 Å². The number of piperidine rings is 1. The highest BCUT2D eigenvalue weighted by Gasteiger charge is 2.24. The molecule has 0 unspecified atom stereocenters. The number of nitrogens with two attached hydrogens (primary N) is 1. The summed E-state index contributed by atoms with van der Waals surface area (Å²) in [5.74, 6) is 3.34. The standard InChI is InChI=1S/C27H38N10/c28-26-33-27(34-37(26)25-22-7-3-1-2-4-8-23(22)30-19-31-25)32-21-9-10-24(29-17-21)36-15-11-20(12-16-36)18-35-13-5-6-14-35/h9-10,17,19-20H,1-8,11-16,18H2,(H3,28,32,33,34). The topological polar surface area (TPSA) is 114 Å². The predicted molar refractivity (Wildman–Crippen MR) is 145 cm³/mol. The fourth-order valence-electron chi connectivity index (χ4n) is 6.02. The molecule has 3 aromatic rings. The maximum atomic E-state index is 6.28. The van der Waals surface area contributed by atoms with Crippen LogP contribution in [0.25, 0.3) is 5.82 Å². The average Bonchev–Trinajstić information content (AvgIpc) is 3.54. The number of aryl methyl sites for hydroxylation is 1. The van der Waals surface area contributed by atoms with Crippen molar-refractivity contribution in [3.8, 4) is 5.82 Å². The molecule has 2 saturated heterocycles. The summed E-state index contributed by atoms with van der Waals surface area (Å²) in [6.45, 7) is 5.99. The van der Waals surface area contributed by atoms with Gasteiger partial charge in [0.25, 0.3) is 0 Å². The van der Waals surface area contributed by atoms with Crippen molar-refractivity contribution < 1.29 is 0 Å². The highest BCUT2D eigenvalue weighted by Crippen LogP contribution is 2.27. The Morgan fingerprint density at radius 2 is 1.70 bits per heavy atom. The maximum absolute atomic E-state index is 6.28. The molecule has 0 saturated carbocycles. The van der Waals surface area contributed by atoms with Crippen LogP contribution in [-0.4, -0.2) is 67.3 Å². The lowest BCUT2D eigenvalue weighted by Gasteiger charge is -2.34. The van der Waals surface area contributed by atoms with Gasteiger partial charge in [0.2, 0.25) is 11.9 Å². The van der Waals surface area contributed by atoms with E-state index in [0.29, 0.717) is 11.9 Å². The number of nitrogen functional groups attached to an aromatic ring is 1. The van der Waals surface area contributed by atoms with E-state index in [1.165, 1.54) is 58.2 Å². The van der Waals surface area contributed by atoms with Gasteiger partial charge in [0.05, 0.1) is 11.9 Å². The minimum absolute atomic E-state index is 0.312. The molecule has 3 N–H and O–H groups in total. The Morgan fingerprint density at radius 3 is 2.49 bits per heavy atom. The molecule has 3 aliphatic rings. The molecule has 0 bridgehead atoms. The van der Waals surface area contributed by atoms with Crippen LogP contribution < -0.4 is 16.0 Å². The molecule has 196 valence electrons. The lowest BCUT2D eigenvalue weighted by Crippen LogP contribution is -2.38. The number of hydrogen-bond acceptors (Lipinski definition) is 9. The molecule has 6 rings (SSSR count). The van der Waals surface area contributed by atoms with E-state index in [4.69, 9.17) is 10.7 Å². The molecule has 10 nitrogen and oxygen atoms in total. The molecule has 0 radical (unpaired) electrons. The first-order valence-corrected chi connectivity index (χ1v) is 14.0. The van der Waals surface area contributed by atoms with Crippen LogP contribution in [-0.2, 0) is 12.8 Å². The van der Waals surface area contributed by atoms with Crippen molar-refractivity contribution in [3.63, 3.8) is 0 Å². The van der Waals surface area contributed by atoms with Gasteiger partial charge in [0.1, 0.15) is 12.1 Å². The Hall–Kier alpha value is -3.27. The number of hydrogen-bond donors (Lipinski definition) is 2. The van der Waals surface area contributed by atoms with Crippen LogP contribution in [0.4, 0.5) is 23.4 Å². The summed E-state index contributed by atoms with van der Waals surface area (Å²) >= 11 is 0. The average molecular weight is 503 g/mol. The van der Waals surface area contributed by atoms with Gasteiger partial charge in [-0.1, -0.05) is 12.8 Å². The van der Waals surface area contributed by atoms with Gasteiger partial charge in [-0.05, 0) is 82.5 Å². The minimum atomic E-state index is 0.312. The normalized spacial score (nSPS) is 19.4. The Bertz CT molecular complexity index is 1180. The summed E-state index contributed by atoms with van der Waals surface area (Å²) < 4.78 is 1.64. The Kier molecular flexibility index (Phi) is 7.16. The van der Waals surface area contributed by atoms with Crippen LogP contribution >= 0.6 is 0 Å². The van der Waals surface area contributed by atoms with E-state index in [1.807, 2.05) is 12.3 Å². The highest BCUT2D eigenvalue weighted by atomic mass is 15.4. The van der Waals surface area contributed by atoms with E-state index >= 15 is 0 Å². The summed E-state index contributed by atoms with van der Waals surface area (Å²) in [5.41, 5.74) is 9.36. The van der Waals surface area contributed by atoms with Gasteiger partial charge in [0.15, 0.2) is 5.82 Å². The van der Waals surface area contributed by atoms with Crippen LogP contribution in [0.5, 0.6) is 0 Å². The molecular formula is C27H38N10. The summed E-state index contributed by atoms with van der Waals surface area (Å²) in [6.07, 6.45) is 15.4. The third-order valence-electron chi connectivity index (χ3n) is 8.09. The molecule has 0 aromatic carbocycles. The number of aromatic nitrogens is 6. The number of nitrogens with zero attached hydrogens (tertiary/aromatic N) is 8. The molecule has 2 aliphatic heterocycles. The molecule has 3 aromatic heterocycles. The minimum Gasteiger partial charge on any atom is -0.368 e. The Labute approximate surface area is 218 Å². The zero-order chi connectivity index (χ0) is 25.0. The number of anilines is 4. The van der Waals surface area contributed by atoms with Crippen LogP contribution in [0.1, 0.15) is 62.6 Å². The van der Waals surface area contributed by atoms with E-state index in [0.717, 1.165) is 73.3 Å². The lowest BCUT2D eigenvalue weighted by molar-refractivity contribution is 0.249. The third kappa shape index (κ3) is 5.53. The number of fused-ring (bicyclic) bond motifs is 1. The second-order valence-electron chi connectivity index (χ2n) is 10.7. The van der Waals surface area contributed by atoms with Crippen molar-refractivity contribution in [2.45, 2.75) is 64.2 Å². The number of likely N-dealkylation sites (tertiary alicyclic amines) is 1. The second-order valence-corrected chi connectivity index (χ2v) is 10.7. The van der Waals surface area contributed by atoms with Crippen molar-refractivity contribution in [2.75, 3.05) is 48.7 Å². The summed E-state index contributed by atoms with van der Waals surface area (Å²) in [5, 5.41) is 7.90. The molecule has 37 heavy (non-hydrogen) atoms. The van der Waals surface area contributed by atoms with Crippen molar-refractivity contribution >= 4 is 23.4 Å². The molecule has 0 spiro atoms. The quantitative estimate of drug-likeness (QED) is 0.520. The molecule has 10 heteroatoms. The lowest BCUT2D eigenvalue weighted by atomic mass is 9.96. The molecule has 2 fully saturated rings. The number of rotatable bonds is 6. The van der Waals surface area contributed by atoms with Crippen molar-refractivity contribution in [3.05, 3.63) is 35.9 Å². The van der Waals surface area contributed by atoms with Crippen LogP contribution in [0.15, 0.2) is 24.7 Å². The highest BCUT2D eigenvalue weighted by molar-refractivity contribution is 5.56. The summed E-state index contributed by atoms with van der Waals surface area (Å²) in [7, 11) is 0. The fourth-order valence-corrected chi connectivity index (χ4v) is 6.02. The zero-order valence-corrected chi connectivity index (χ0v) is 21.6. The second kappa shape index (κ2) is 11.0. The van der Waals surface area contributed by atoms with Crippen molar-refractivity contribution in [1.29, 1.82) is 0 Å². The van der Waals surface area contributed by atoms with Crippen LogP contribution in [0, 0.1) is 5.92 Å². The zero-order valence-electron chi connectivity index (χ0n) is 21.6. The monoisotopic (exact) mass is 502 g/mol. The predicted octanol–water partition coefficient (Wildman–Crippen LogP) is 3.75. The van der Waals surface area contributed by atoms with Gasteiger partial charge in [-0.2, -0.15) is 9.67 Å². The summed E-state index contributed by atoms with van der Waals surface area (Å²) in [6, 6.07) is 4.12. The van der Waals surface area contributed by atoms with Crippen LogP contribution in [0.3, 0.4) is 0 Å². The third-order valence-corrected chi connectivity index (χ3v) is 8.09. The van der Waals surface area contributed by atoms with Gasteiger partial charge >= 0.3 is 0 Å². The van der Waals surface area contributed by atoms with E-state index in [9.17, 15) is 0 Å². The molecule has 0 atom stereocenters. The summed E-state index contributed by atoms with van der Waals surface area (Å²) in [4.78, 5) is 23.3. The van der Waals surface area contributed by atoms with Gasteiger partial charge in [-0.15, -0.1) is 5.10 Å². The molecule has 0 amide bonds.